The van der Waals surface area contributed by atoms with Gasteiger partial charge in [0.15, 0.2) is 0 Å². The Morgan fingerprint density at radius 3 is 2.06 bits per heavy atom. The van der Waals surface area contributed by atoms with E-state index < -0.39 is 17.5 Å². The Hall–Kier alpha value is -4.10. The Morgan fingerprint density at radius 1 is 0.806 bits per heavy atom. The van der Waals surface area contributed by atoms with Gasteiger partial charge in [0.25, 0.3) is 5.91 Å². The van der Waals surface area contributed by atoms with E-state index in [2.05, 4.69) is 68.6 Å². The lowest BCUT2D eigenvalue weighted by molar-refractivity contribution is 0.102. The van der Waals surface area contributed by atoms with Crippen LogP contribution in [0.3, 0.4) is 0 Å². The standard InChI is InChI=1S/C29H26F2N4O/c30-23-13-14-26(25(31)20-23)33-29(36)24-12-7-15-32-28(24)35-18-16-34(17-19-35)27(21-8-3-1-4-9-21)22-10-5-2-6-11-22/h1-15,20,27H,16-19H2,(H,33,36). The molecule has 0 unspecified atom stereocenters. The van der Waals surface area contributed by atoms with Crippen molar-refractivity contribution in [2.45, 2.75) is 6.04 Å². The summed E-state index contributed by atoms with van der Waals surface area (Å²) < 4.78 is 27.3. The number of carbonyl (C=O) groups excluding carboxylic acids is 1. The molecule has 0 saturated carbocycles. The maximum atomic E-state index is 14.1. The van der Waals surface area contributed by atoms with Crippen LogP contribution >= 0.6 is 0 Å². The molecular weight excluding hydrogens is 458 g/mol. The monoisotopic (exact) mass is 484 g/mol. The average molecular weight is 485 g/mol. The molecule has 3 aromatic carbocycles. The van der Waals surface area contributed by atoms with Gasteiger partial charge in [-0.25, -0.2) is 13.8 Å². The minimum Gasteiger partial charge on any atom is -0.353 e. The third kappa shape index (κ3) is 5.11. The lowest BCUT2D eigenvalue weighted by atomic mass is 9.96. The molecule has 5 rings (SSSR count). The lowest BCUT2D eigenvalue weighted by Crippen LogP contribution is -2.48. The second-order valence-corrected chi connectivity index (χ2v) is 8.70. The number of nitrogens with zero attached hydrogens (tertiary/aromatic N) is 3. The van der Waals surface area contributed by atoms with Crippen LogP contribution in [-0.4, -0.2) is 42.0 Å². The summed E-state index contributed by atoms with van der Waals surface area (Å²) in [5, 5.41) is 2.55. The van der Waals surface area contributed by atoms with Gasteiger partial charge < -0.3 is 10.2 Å². The Labute approximate surface area is 209 Å². The number of aromatic nitrogens is 1. The van der Waals surface area contributed by atoms with Crippen molar-refractivity contribution in [3.05, 3.63) is 126 Å². The van der Waals surface area contributed by atoms with E-state index in [1.54, 1.807) is 18.3 Å². The van der Waals surface area contributed by atoms with Crippen LogP contribution in [-0.2, 0) is 0 Å². The molecule has 1 saturated heterocycles. The van der Waals surface area contributed by atoms with Gasteiger partial charge in [0, 0.05) is 38.4 Å². The first kappa shape index (κ1) is 23.6. The summed E-state index contributed by atoms with van der Waals surface area (Å²) in [5.74, 6) is -1.46. The van der Waals surface area contributed by atoms with Crippen LogP contribution in [0.4, 0.5) is 20.3 Å². The maximum absolute atomic E-state index is 14.1. The smallest absolute Gasteiger partial charge is 0.259 e. The van der Waals surface area contributed by atoms with Crippen molar-refractivity contribution in [2.75, 3.05) is 36.4 Å². The predicted molar refractivity (Wildman–Crippen MR) is 137 cm³/mol. The third-order valence-corrected chi connectivity index (χ3v) is 6.42. The molecule has 2 heterocycles. The minimum absolute atomic E-state index is 0.0745. The fraction of sp³-hybridized carbons (Fsp3) is 0.172. The van der Waals surface area contributed by atoms with Crippen LogP contribution in [0.15, 0.2) is 97.2 Å². The largest absolute Gasteiger partial charge is 0.353 e. The van der Waals surface area contributed by atoms with E-state index in [4.69, 9.17) is 0 Å². The molecule has 1 aromatic heterocycles. The fourth-order valence-electron chi connectivity index (χ4n) is 4.68. The molecule has 5 nitrogen and oxygen atoms in total. The van der Waals surface area contributed by atoms with Gasteiger partial charge in [0.2, 0.25) is 0 Å². The van der Waals surface area contributed by atoms with E-state index in [0.29, 0.717) is 24.5 Å². The van der Waals surface area contributed by atoms with E-state index in [1.165, 1.54) is 17.2 Å². The summed E-state index contributed by atoms with van der Waals surface area (Å²) in [7, 11) is 0. The first-order valence-corrected chi connectivity index (χ1v) is 11.9. The number of carbonyl (C=O) groups is 1. The van der Waals surface area contributed by atoms with E-state index in [-0.39, 0.29) is 11.7 Å². The molecular formula is C29H26F2N4O. The molecule has 0 spiro atoms. The number of rotatable bonds is 6. The number of pyridine rings is 1. The lowest BCUT2D eigenvalue weighted by Gasteiger charge is -2.40. The molecule has 0 atom stereocenters. The van der Waals surface area contributed by atoms with Gasteiger partial charge in [-0.3, -0.25) is 9.69 Å². The van der Waals surface area contributed by atoms with Gasteiger partial charge in [-0.2, -0.15) is 0 Å². The quantitative estimate of drug-likeness (QED) is 0.391. The topological polar surface area (TPSA) is 48.5 Å². The van der Waals surface area contributed by atoms with Gasteiger partial charge in [0.1, 0.15) is 17.5 Å². The summed E-state index contributed by atoms with van der Waals surface area (Å²) in [6.45, 7) is 2.91. The van der Waals surface area contributed by atoms with Crippen molar-refractivity contribution < 1.29 is 13.6 Å². The molecule has 0 bridgehead atoms. The molecule has 1 aliphatic rings. The summed E-state index contributed by atoms with van der Waals surface area (Å²) in [6, 6.07) is 27.4. The van der Waals surface area contributed by atoms with Gasteiger partial charge in [-0.15, -0.1) is 0 Å². The number of amides is 1. The van der Waals surface area contributed by atoms with E-state index in [1.807, 2.05) is 12.1 Å². The summed E-state index contributed by atoms with van der Waals surface area (Å²) in [6.07, 6.45) is 1.65. The van der Waals surface area contributed by atoms with Crippen LogP contribution in [0.25, 0.3) is 0 Å². The second-order valence-electron chi connectivity index (χ2n) is 8.70. The number of hydrogen-bond donors (Lipinski definition) is 1. The molecule has 1 amide bonds. The molecule has 1 N–H and O–H groups in total. The molecule has 36 heavy (non-hydrogen) atoms. The molecule has 1 aliphatic heterocycles. The van der Waals surface area contributed by atoms with E-state index in [0.717, 1.165) is 25.2 Å². The second kappa shape index (κ2) is 10.7. The highest BCUT2D eigenvalue weighted by Gasteiger charge is 2.28. The Balaban J connectivity index is 1.34. The number of halogens is 2. The number of anilines is 2. The highest BCUT2D eigenvalue weighted by atomic mass is 19.1. The van der Waals surface area contributed by atoms with Gasteiger partial charge in [0.05, 0.1) is 17.3 Å². The molecule has 1 fully saturated rings. The number of hydrogen-bond acceptors (Lipinski definition) is 4. The van der Waals surface area contributed by atoms with Gasteiger partial charge >= 0.3 is 0 Å². The van der Waals surface area contributed by atoms with E-state index in [9.17, 15) is 13.6 Å². The van der Waals surface area contributed by atoms with Gasteiger partial charge in [-0.05, 0) is 35.4 Å². The number of piperazine rings is 1. The van der Waals surface area contributed by atoms with Crippen molar-refractivity contribution >= 4 is 17.4 Å². The van der Waals surface area contributed by atoms with Gasteiger partial charge in [-0.1, -0.05) is 60.7 Å². The summed E-state index contributed by atoms with van der Waals surface area (Å²) >= 11 is 0. The number of nitrogens with one attached hydrogen (secondary N) is 1. The average Bonchev–Trinajstić information content (AvgIpc) is 2.92. The van der Waals surface area contributed by atoms with Crippen molar-refractivity contribution in [3.63, 3.8) is 0 Å². The Morgan fingerprint density at radius 2 is 1.44 bits per heavy atom. The number of benzene rings is 3. The molecule has 182 valence electrons. The highest BCUT2D eigenvalue weighted by Crippen LogP contribution is 2.30. The first-order valence-electron chi connectivity index (χ1n) is 11.9. The zero-order chi connectivity index (χ0) is 24.9. The SMILES string of the molecule is O=C(Nc1ccc(F)cc1F)c1cccnc1N1CCN(C(c2ccccc2)c2ccccc2)CC1. The summed E-state index contributed by atoms with van der Waals surface area (Å²) in [5.41, 5.74) is 2.74. The maximum Gasteiger partial charge on any atom is 0.259 e. The van der Waals surface area contributed by atoms with Crippen molar-refractivity contribution in [1.29, 1.82) is 0 Å². The van der Waals surface area contributed by atoms with E-state index >= 15 is 0 Å². The minimum atomic E-state index is -0.824. The van der Waals surface area contributed by atoms with Crippen LogP contribution in [0.1, 0.15) is 27.5 Å². The molecule has 0 aliphatic carbocycles. The van der Waals surface area contributed by atoms with Crippen LogP contribution < -0.4 is 10.2 Å². The highest BCUT2D eigenvalue weighted by molar-refractivity contribution is 6.07. The van der Waals surface area contributed by atoms with Crippen molar-refractivity contribution in [3.8, 4) is 0 Å². The Bertz CT molecular complexity index is 1290. The van der Waals surface area contributed by atoms with Crippen molar-refractivity contribution in [2.24, 2.45) is 0 Å². The molecule has 7 heteroatoms. The predicted octanol–water partition coefficient (Wildman–Crippen LogP) is 5.52. The summed E-state index contributed by atoms with van der Waals surface area (Å²) in [4.78, 5) is 22.0. The van der Waals surface area contributed by atoms with Crippen LogP contribution in [0, 0.1) is 11.6 Å². The zero-order valence-corrected chi connectivity index (χ0v) is 19.6. The van der Waals surface area contributed by atoms with Crippen LogP contribution in [0.5, 0.6) is 0 Å². The van der Waals surface area contributed by atoms with Crippen LogP contribution in [0.2, 0.25) is 0 Å². The third-order valence-electron chi connectivity index (χ3n) is 6.42. The zero-order valence-electron chi connectivity index (χ0n) is 19.6. The molecule has 0 radical (unpaired) electrons. The Kier molecular flexibility index (Phi) is 7.00. The molecule has 4 aromatic rings. The fourth-order valence-corrected chi connectivity index (χ4v) is 4.68. The first-order chi connectivity index (χ1) is 17.6. The van der Waals surface area contributed by atoms with Crippen molar-refractivity contribution in [1.82, 2.24) is 9.88 Å². The normalized spacial score (nSPS) is 14.1.